The second-order valence-corrected chi connectivity index (χ2v) is 9.02. The summed E-state index contributed by atoms with van der Waals surface area (Å²) in [5.74, 6) is -2.13. The van der Waals surface area contributed by atoms with E-state index in [0.717, 1.165) is 0 Å². The van der Waals surface area contributed by atoms with Crippen LogP contribution in [-0.2, 0) is 19.4 Å². The number of nitrogens with two attached hydrogens (primary N) is 1. The number of anilines is 1. The number of aliphatic carboxylic acids is 1. The number of carboxylic acids is 1. The molecule has 1 aromatic rings. The molecule has 0 aromatic heterocycles. The Hall–Kier alpha value is -1.68. The Morgan fingerprint density at radius 2 is 1.85 bits per heavy atom. The molecule has 146 valence electrons. The summed E-state index contributed by atoms with van der Waals surface area (Å²) in [7, 11) is -4.25. The largest absolute Gasteiger partial charge is 0.479 e. The zero-order valence-corrected chi connectivity index (χ0v) is 16.3. The summed E-state index contributed by atoms with van der Waals surface area (Å²) in [5, 5.41) is 10.1. The van der Waals surface area contributed by atoms with Gasteiger partial charge >= 0.3 is 5.97 Å². The van der Waals surface area contributed by atoms with Crippen molar-refractivity contribution in [2.75, 3.05) is 38.6 Å². The van der Waals surface area contributed by atoms with Crippen LogP contribution in [0.25, 0.3) is 0 Å². The van der Waals surface area contributed by atoms with Crippen molar-refractivity contribution >= 4 is 21.5 Å². The fourth-order valence-corrected chi connectivity index (χ4v) is 5.32. The molecule has 9 heteroatoms. The summed E-state index contributed by atoms with van der Waals surface area (Å²) in [6.07, 6.45) is 0. The Morgan fingerprint density at radius 3 is 2.27 bits per heavy atom. The first-order chi connectivity index (χ1) is 12.1. The number of benzene rings is 1. The number of morpholine rings is 1. The van der Waals surface area contributed by atoms with Crippen molar-refractivity contribution < 1.29 is 27.6 Å². The van der Waals surface area contributed by atoms with Gasteiger partial charge in [-0.2, -0.15) is 0 Å². The van der Waals surface area contributed by atoms with Gasteiger partial charge in [-0.3, -0.25) is 0 Å². The predicted molar refractivity (Wildman–Crippen MR) is 97.7 cm³/mol. The third-order valence-corrected chi connectivity index (χ3v) is 7.56. The normalized spacial score (nSPS) is 19.8. The summed E-state index contributed by atoms with van der Waals surface area (Å²) < 4.78 is 32.5. The summed E-state index contributed by atoms with van der Waals surface area (Å²) in [6.45, 7) is 7.52. The Bertz CT molecular complexity index is 742. The van der Waals surface area contributed by atoms with Gasteiger partial charge in [0.05, 0.1) is 24.7 Å². The fourth-order valence-electron chi connectivity index (χ4n) is 3.29. The van der Waals surface area contributed by atoms with Crippen molar-refractivity contribution in [3.63, 3.8) is 0 Å². The maximum atomic E-state index is 13.5. The number of carboxylic acid groups (broad SMARTS) is 1. The molecule has 2 rings (SSSR count). The van der Waals surface area contributed by atoms with Crippen molar-refractivity contribution in [3.8, 4) is 0 Å². The molecule has 1 aromatic carbocycles. The van der Waals surface area contributed by atoms with Crippen LogP contribution in [0.1, 0.15) is 20.8 Å². The van der Waals surface area contributed by atoms with E-state index in [-0.39, 0.29) is 9.49 Å². The highest BCUT2D eigenvalue weighted by Gasteiger charge is 2.59. The van der Waals surface area contributed by atoms with Gasteiger partial charge < -0.3 is 15.6 Å². The van der Waals surface area contributed by atoms with Crippen LogP contribution in [0.4, 0.5) is 5.69 Å². The minimum atomic E-state index is -4.25. The number of carbonyl (C=O) groups is 1. The summed E-state index contributed by atoms with van der Waals surface area (Å²) in [4.78, 5) is 10.1. The standard InChI is InChI=1S/C17H27N3O5S/c1-4-20(9-11-25-12-10-20)19-17(13(2)3,16(21)22)26(23,24)15-7-5-14(18)6-8-15/h5-8,13,19H,4,9-12,18H2,1-3H3/p+1/t17-/m1/s1. The number of quaternary nitrogens is 1. The summed E-state index contributed by atoms with van der Waals surface area (Å²) in [6, 6.07) is 5.61. The number of rotatable bonds is 7. The average Bonchev–Trinajstić information content (AvgIpc) is 2.60. The average molecular weight is 386 g/mol. The highest BCUT2D eigenvalue weighted by atomic mass is 32.2. The first-order valence-electron chi connectivity index (χ1n) is 8.68. The Morgan fingerprint density at radius 1 is 1.31 bits per heavy atom. The van der Waals surface area contributed by atoms with Crippen molar-refractivity contribution in [1.82, 2.24) is 5.43 Å². The van der Waals surface area contributed by atoms with E-state index < -0.39 is 26.6 Å². The number of nitrogens with one attached hydrogen (secondary N) is 1. The molecule has 1 aliphatic rings. The molecule has 1 saturated heterocycles. The van der Waals surface area contributed by atoms with E-state index in [4.69, 9.17) is 10.5 Å². The number of nitrogens with zero attached hydrogens (tertiary/aromatic N) is 1. The van der Waals surface area contributed by atoms with E-state index >= 15 is 0 Å². The maximum absolute atomic E-state index is 13.5. The van der Waals surface area contributed by atoms with Crippen LogP contribution in [0.15, 0.2) is 29.2 Å². The first kappa shape index (κ1) is 20.6. The lowest BCUT2D eigenvalue weighted by Gasteiger charge is -2.46. The number of nitrogen functional groups attached to an aromatic ring is 1. The van der Waals surface area contributed by atoms with Gasteiger partial charge in [0, 0.05) is 11.6 Å². The molecular formula is C17H28N3O5S+. The van der Waals surface area contributed by atoms with Crippen LogP contribution in [0.5, 0.6) is 0 Å². The van der Waals surface area contributed by atoms with Gasteiger partial charge in [-0.15, -0.1) is 5.43 Å². The van der Waals surface area contributed by atoms with E-state index in [1.165, 1.54) is 24.3 Å². The molecule has 0 aliphatic carbocycles. The van der Waals surface area contributed by atoms with Gasteiger partial charge in [-0.25, -0.2) is 17.8 Å². The number of ether oxygens (including phenoxy) is 1. The van der Waals surface area contributed by atoms with Gasteiger partial charge in [-0.1, -0.05) is 13.8 Å². The van der Waals surface area contributed by atoms with Crippen LogP contribution < -0.4 is 11.2 Å². The van der Waals surface area contributed by atoms with Crippen LogP contribution in [-0.4, -0.2) is 61.8 Å². The predicted octanol–water partition coefficient (Wildman–Crippen LogP) is 0.851. The van der Waals surface area contributed by atoms with Gasteiger partial charge in [0.1, 0.15) is 13.1 Å². The lowest BCUT2D eigenvalue weighted by molar-refractivity contribution is -0.977. The van der Waals surface area contributed by atoms with Crippen molar-refractivity contribution in [1.29, 1.82) is 0 Å². The van der Waals surface area contributed by atoms with Gasteiger partial charge in [0.2, 0.25) is 9.84 Å². The van der Waals surface area contributed by atoms with E-state index in [0.29, 0.717) is 38.5 Å². The van der Waals surface area contributed by atoms with Crippen LogP contribution in [0.2, 0.25) is 0 Å². The van der Waals surface area contributed by atoms with Crippen LogP contribution in [0, 0.1) is 5.92 Å². The molecule has 0 spiro atoms. The second kappa shape index (κ2) is 7.51. The van der Waals surface area contributed by atoms with Crippen molar-refractivity contribution in [3.05, 3.63) is 24.3 Å². The number of likely N-dealkylation sites (N-methyl/N-ethyl adjacent to an activating group) is 1. The number of hydrogen-bond acceptors (Lipinski definition) is 6. The molecule has 4 N–H and O–H groups in total. The molecule has 1 fully saturated rings. The lowest BCUT2D eigenvalue weighted by Crippen LogP contribution is -2.75. The molecule has 0 bridgehead atoms. The molecule has 8 nitrogen and oxygen atoms in total. The minimum absolute atomic E-state index is 0.0715. The Kier molecular flexibility index (Phi) is 5.96. The first-order valence-corrected chi connectivity index (χ1v) is 10.2. The molecule has 0 unspecified atom stereocenters. The Labute approximate surface area is 154 Å². The van der Waals surface area contributed by atoms with E-state index in [2.05, 4.69) is 5.43 Å². The highest BCUT2D eigenvalue weighted by Crippen LogP contribution is 2.33. The zero-order valence-electron chi connectivity index (χ0n) is 15.4. The quantitative estimate of drug-likeness (QED) is 0.469. The van der Waals surface area contributed by atoms with Gasteiger partial charge in [-0.05, 0) is 31.2 Å². The minimum Gasteiger partial charge on any atom is -0.479 e. The highest BCUT2D eigenvalue weighted by molar-refractivity contribution is 7.93. The molecule has 1 heterocycles. The molecule has 1 atom stereocenters. The van der Waals surface area contributed by atoms with Crippen molar-refractivity contribution in [2.24, 2.45) is 5.92 Å². The molecule has 0 saturated carbocycles. The zero-order chi connectivity index (χ0) is 19.6. The smallest absolute Gasteiger partial charge is 0.345 e. The lowest BCUT2D eigenvalue weighted by atomic mass is 10.0. The third kappa shape index (κ3) is 3.44. The number of hydrogen-bond donors (Lipinski definition) is 3. The van der Waals surface area contributed by atoms with Crippen molar-refractivity contribution in [2.45, 2.75) is 30.5 Å². The van der Waals surface area contributed by atoms with E-state index in [1.807, 2.05) is 6.92 Å². The Balaban J connectivity index is 2.61. The van der Waals surface area contributed by atoms with Crippen LogP contribution >= 0.6 is 0 Å². The SMILES string of the molecule is CC[N+]1(N[C@](C(=O)O)(C(C)C)S(=O)(=O)c2ccc(N)cc2)CCOCC1. The van der Waals surface area contributed by atoms with Crippen LogP contribution in [0.3, 0.4) is 0 Å². The molecular weight excluding hydrogens is 358 g/mol. The molecule has 26 heavy (non-hydrogen) atoms. The second-order valence-electron chi connectivity index (χ2n) is 6.90. The third-order valence-electron chi connectivity index (χ3n) is 5.08. The molecule has 0 radical (unpaired) electrons. The summed E-state index contributed by atoms with van der Waals surface area (Å²) >= 11 is 0. The monoisotopic (exact) mass is 386 g/mol. The summed E-state index contributed by atoms with van der Waals surface area (Å²) in [5.41, 5.74) is 9.08. The number of sulfone groups is 1. The van der Waals surface area contributed by atoms with E-state index in [1.54, 1.807) is 13.8 Å². The van der Waals surface area contributed by atoms with Gasteiger partial charge in [0.15, 0.2) is 0 Å². The fraction of sp³-hybridized carbons (Fsp3) is 0.588. The van der Waals surface area contributed by atoms with Gasteiger partial charge in [0.25, 0.3) is 4.87 Å². The molecule has 1 aliphatic heterocycles. The van der Waals surface area contributed by atoms with E-state index in [9.17, 15) is 18.3 Å². The maximum Gasteiger partial charge on any atom is 0.345 e. The topological polar surface area (TPSA) is 119 Å². The molecule has 0 amide bonds.